The minimum absolute atomic E-state index is 0.0879. The Morgan fingerprint density at radius 2 is 1.53 bits per heavy atom. The monoisotopic (exact) mass is 407 g/mol. The number of hydrogen-bond acceptors (Lipinski definition) is 5. The van der Waals surface area contributed by atoms with Crippen molar-refractivity contribution in [3.05, 3.63) is 53.9 Å². The lowest BCUT2D eigenvalue weighted by Gasteiger charge is -2.34. The van der Waals surface area contributed by atoms with Crippen molar-refractivity contribution in [3.63, 3.8) is 0 Å². The van der Waals surface area contributed by atoms with E-state index in [2.05, 4.69) is 27.0 Å². The first-order valence-corrected chi connectivity index (χ1v) is 10.8. The predicted molar refractivity (Wildman–Crippen MR) is 115 cm³/mol. The molecule has 7 heteroatoms. The SMILES string of the molecule is CC(=O)N1CCC(Cc2ccc(C(=O)N3CCN(c4ncccn4)CC3)cc2)CC1. The quantitative estimate of drug-likeness (QED) is 0.778. The Balaban J connectivity index is 1.28. The standard InChI is InChI=1S/C23H29N5O2/c1-18(29)26-11-7-20(8-12-26)17-19-3-5-21(6-4-19)22(30)27-13-15-28(16-14-27)23-24-9-2-10-25-23/h2-6,9-10,20H,7-8,11-17H2,1H3. The Morgan fingerprint density at radius 1 is 0.900 bits per heavy atom. The molecule has 2 amide bonds. The molecular weight excluding hydrogens is 378 g/mol. The molecule has 0 N–H and O–H groups in total. The summed E-state index contributed by atoms with van der Waals surface area (Å²) < 4.78 is 0. The number of nitrogens with zero attached hydrogens (tertiary/aromatic N) is 5. The third-order valence-electron chi connectivity index (χ3n) is 6.19. The van der Waals surface area contributed by atoms with Crippen LogP contribution in [0.1, 0.15) is 35.7 Å². The van der Waals surface area contributed by atoms with Crippen molar-refractivity contribution in [2.24, 2.45) is 5.92 Å². The predicted octanol–water partition coefficient (Wildman–Crippen LogP) is 2.24. The molecule has 0 atom stereocenters. The lowest BCUT2D eigenvalue weighted by molar-refractivity contribution is -0.130. The van der Waals surface area contributed by atoms with Gasteiger partial charge in [0.25, 0.3) is 5.91 Å². The highest BCUT2D eigenvalue weighted by Crippen LogP contribution is 2.22. The lowest BCUT2D eigenvalue weighted by atomic mass is 9.90. The number of benzene rings is 1. The number of likely N-dealkylation sites (tertiary alicyclic amines) is 1. The van der Waals surface area contributed by atoms with Crippen LogP contribution in [0, 0.1) is 5.92 Å². The molecule has 2 fully saturated rings. The first kappa shape index (κ1) is 20.3. The van der Waals surface area contributed by atoms with Gasteiger partial charge in [-0.15, -0.1) is 0 Å². The number of carbonyl (C=O) groups is 2. The Labute approximate surface area is 177 Å². The van der Waals surface area contributed by atoms with Gasteiger partial charge in [0.15, 0.2) is 0 Å². The van der Waals surface area contributed by atoms with Crippen molar-refractivity contribution < 1.29 is 9.59 Å². The van der Waals surface area contributed by atoms with Crippen molar-refractivity contribution in [2.75, 3.05) is 44.2 Å². The molecule has 3 heterocycles. The molecule has 0 saturated carbocycles. The van der Waals surface area contributed by atoms with E-state index < -0.39 is 0 Å². The molecule has 30 heavy (non-hydrogen) atoms. The van der Waals surface area contributed by atoms with Crippen molar-refractivity contribution in [1.29, 1.82) is 0 Å². The van der Waals surface area contributed by atoms with E-state index in [-0.39, 0.29) is 11.8 Å². The fourth-order valence-corrected chi connectivity index (χ4v) is 4.32. The van der Waals surface area contributed by atoms with Gasteiger partial charge in [0, 0.05) is 64.1 Å². The molecule has 2 aromatic rings. The Morgan fingerprint density at radius 3 is 2.13 bits per heavy atom. The van der Waals surface area contributed by atoms with Crippen molar-refractivity contribution in [2.45, 2.75) is 26.2 Å². The van der Waals surface area contributed by atoms with E-state index in [1.807, 2.05) is 28.0 Å². The maximum Gasteiger partial charge on any atom is 0.253 e. The summed E-state index contributed by atoms with van der Waals surface area (Å²) in [6.07, 6.45) is 6.60. The van der Waals surface area contributed by atoms with Gasteiger partial charge in [0.2, 0.25) is 11.9 Å². The average molecular weight is 408 g/mol. The van der Waals surface area contributed by atoms with Crippen LogP contribution in [0.4, 0.5) is 5.95 Å². The largest absolute Gasteiger partial charge is 0.343 e. The molecule has 2 aliphatic heterocycles. The van der Waals surface area contributed by atoms with E-state index in [9.17, 15) is 9.59 Å². The van der Waals surface area contributed by atoms with E-state index in [4.69, 9.17) is 0 Å². The molecule has 2 aliphatic rings. The number of piperazine rings is 1. The fraction of sp³-hybridized carbons (Fsp3) is 0.478. The van der Waals surface area contributed by atoms with Crippen molar-refractivity contribution in [3.8, 4) is 0 Å². The maximum atomic E-state index is 12.9. The van der Waals surface area contributed by atoms with E-state index in [1.54, 1.807) is 19.3 Å². The summed E-state index contributed by atoms with van der Waals surface area (Å²) in [7, 11) is 0. The number of rotatable bonds is 4. The Hall–Kier alpha value is -2.96. The van der Waals surface area contributed by atoms with Crippen molar-refractivity contribution >= 4 is 17.8 Å². The molecule has 0 aliphatic carbocycles. The number of carbonyl (C=O) groups excluding carboxylic acids is 2. The van der Waals surface area contributed by atoms with Crippen LogP contribution in [0.25, 0.3) is 0 Å². The zero-order valence-corrected chi connectivity index (χ0v) is 17.5. The highest BCUT2D eigenvalue weighted by Gasteiger charge is 2.24. The second-order valence-corrected chi connectivity index (χ2v) is 8.18. The molecule has 0 bridgehead atoms. The Bertz CT molecular complexity index is 855. The van der Waals surface area contributed by atoms with Crippen LogP contribution in [0.2, 0.25) is 0 Å². The second kappa shape index (κ2) is 9.24. The highest BCUT2D eigenvalue weighted by atomic mass is 16.2. The van der Waals surface area contributed by atoms with Crippen LogP contribution in [-0.2, 0) is 11.2 Å². The number of amides is 2. The van der Waals surface area contributed by atoms with Crippen LogP contribution in [0.3, 0.4) is 0 Å². The molecule has 2 saturated heterocycles. The lowest BCUT2D eigenvalue weighted by Crippen LogP contribution is -2.49. The van der Waals surface area contributed by atoms with E-state index >= 15 is 0 Å². The van der Waals surface area contributed by atoms with Crippen LogP contribution in [-0.4, -0.2) is 70.9 Å². The van der Waals surface area contributed by atoms with Gasteiger partial charge in [-0.3, -0.25) is 9.59 Å². The summed E-state index contributed by atoms with van der Waals surface area (Å²) >= 11 is 0. The van der Waals surface area contributed by atoms with E-state index in [0.717, 1.165) is 57.0 Å². The molecule has 0 unspecified atom stereocenters. The molecular formula is C23H29N5O2. The highest BCUT2D eigenvalue weighted by molar-refractivity contribution is 5.94. The molecule has 7 nitrogen and oxygen atoms in total. The van der Waals surface area contributed by atoms with Crippen LogP contribution < -0.4 is 4.90 Å². The molecule has 1 aromatic heterocycles. The first-order chi connectivity index (χ1) is 14.6. The topological polar surface area (TPSA) is 69.6 Å². The van der Waals surface area contributed by atoms with E-state index in [0.29, 0.717) is 19.0 Å². The summed E-state index contributed by atoms with van der Waals surface area (Å²) in [6, 6.07) is 9.88. The summed E-state index contributed by atoms with van der Waals surface area (Å²) in [5.74, 6) is 1.59. The number of aromatic nitrogens is 2. The van der Waals surface area contributed by atoms with Gasteiger partial charge < -0.3 is 14.7 Å². The van der Waals surface area contributed by atoms with Gasteiger partial charge in [-0.2, -0.15) is 0 Å². The summed E-state index contributed by atoms with van der Waals surface area (Å²) in [4.78, 5) is 38.9. The maximum absolute atomic E-state index is 12.9. The third kappa shape index (κ3) is 4.78. The molecule has 0 spiro atoms. The minimum atomic E-state index is 0.0879. The Kier molecular flexibility index (Phi) is 6.26. The van der Waals surface area contributed by atoms with Crippen molar-refractivity contribution in [1.82, 2.24) is 19.8 Å². The van der Waals surface area contributed by atoms with Gasteiger partial charge in [-0.1, -0.05) is 12.1 Å². The molecule has 1 aromatic carbocycles. The second-order valence-electron chi connectivity index (χ2n) is 8.18. The summed E-state index contributed by atoms with van der Waals surface area (Å²) in [6.45, 7) is 6.19. The van der Waals surface area contributed by atoms with Gasteiger partial charge in [0.05, 0.1) is 0 Å². The number of anilines is 1. The van der Waals surface area contributed by atoms with Gasteiger partial charge >= 0.3 is 0 Å². The molecule has 158 valence electrons. The van der Waals surface area contributed by atoms with E-state index in [1.165, 1.54) is 5.56 Å². The number of hydrogen-bond donors (Lipinski definition) is 0. The fourth-order valence-electron chi connectivity index (χ4n) is 4.32. The minimum Gasteiger partial charge on any atom is -0.343 e. The first-order valence-electron chi connectivity index (χ1n) is 10.8. The van der Waals surface area contributed by atoms with Crippen LogP contribution >= 0.6 is 0 Å². The zero-order valence-electron chi connectivity index (χ0n) is 17.5. The zero-order chi connectivity index (χ0) is 20.9. The van der Waals surface area contributed by atoms with Gasteiger partial charge in [-0.25, -0.2) is 9.97 Å². The van der Waals surface area contributed by atoms with Crippen LogP contribution in [0.15, 0.2) is 42.7 Å². The smallest absolute Gasteiger partial charge is 0.253 e. The molecule has 0 radical (unpaired) electrons. The third-order valence-corrected chi connectivity index (χ3v) is 6.19. The summed E-state index contributed by atoms with van der Waals surface area (Å²) in [5, 5.41) is 0. The number of piperidine rings is 1. The summed E-state index contributed by atoms with van der Waals surface area (Å²) in [5.41, 5.74) is 2.01. The van der Waals surface area contributed by atoms with Crippen LogP contribution in [0.5, 0.6) is 0 Å². The van der Waals surface area contributed by atoms with Gasteiger partial charge in [0.1, 0.15) is 0 Å². The normalized spacial score (nSPS) is 17.8. The molecule has 4 rings (SSSR count). The average Bonchev–Trinajstić information content (AvgIpc) is 2.80. The van der Waals surface area contributed by atoms with Gasteiger partial charge in [-0.05, 0) is 48.9 Å².